The van der Waals surface area contributed by atoms with E-state index in [4.69, 9.17) is 0 Å². The molecule has 4 aromatic heterocycles. The molecule has 0 aliphatic carbocycles. The Labute approximate surface area is 180 Å². The Hall–Kier alpha value is -3.55. The molecule has 5 rings (SSSR count). The maximum Gasteiger partial charge on any atom is 0.138 e. The van der Waals surface area contributed by atoms with Gasteiger partial charge < -0.3 is 15.1 Å². The molecule has 0 N–H and O–H groups in total. The van der Waals surface area contributed by atoms with Gasteiger partial charge in [0.25, 0.3) is 0 Å². The normalized spacial score (nSPS) is 9.79. The molecule has 0 saturated carbocycles. The summed E-state index contributed by atoms with van der Waals surface area (Å²) in [5.74, 6) is 1.19. The van der Waals surface area contributed by atoms with Gasteiger partial charge in [0, 0.05) is 26.3 Å². The van der Waals surface area contributed by atoms with Crippen molar-refractivity contribution < 1.29 is 20.1 Å². The van der Waals surface area contributed by atoms with Crippen LogP contribution < -0.4 is 5.10 Å². The van der Waals surface area contributed by atoms with Crippen LogP contribution in [0.15, 0.2) is 85.7 Å². The molecule has 1 aromatic carbocycles. The summed E-state index contributed by atoms with van der Waals surface area (Å²) in [5.41, 5.74) is 2.49. The first-order chi connectivity index (χ1) is 13.9. The first kappa shape index (κ1) is 20.2. The molecule has 1 radical (unpaired) electrons. The standard InChI is InChI=1S/C13H9N4.C7H5N4.Ir/c1-2-6-10(7-3-1)12-15-13(17-16-12)11-8-4-5-9-14-11;1-2-7(4-8-3-1)11-6-9-5-10-11;/h1-9H;1-3,5-6H;/q2*-1;. The number of rotatable bonds is 3. The first-order valence-electron chi connectivity index (χ1n) is 8.42. The summed E-state index contributed by atoms with van der Waals surface area (Å²) in [5, 5.41) is 12.0. The van der Waals surface area contributed by atoms with E-state index in [0.29, 0.717) is 11.6 Å². The Morgan fingerprint density at radius 1 is 0.897 bits per heavy atom. The van der Waals surface area contributed by atoms with Crippen LogP contribution in [0.3, 0.4) is 0 Å². The molecule has 0 aliphatic rings. The summed E-state index contributed by atoms with van der Waals surface area (Å²) in [6.07, 6.45) is 9.24. The van der Waals surface area contributed by atoms with Crippen LogP contribution in [0.5, 0.6) is 0 Å². The van der Waals surface area contributed by atoms with E-state index in [-0.39, 0.29) is 20.1 Å². The van der Waals surface area contributed by atoms with Gasteiger partial charge in [-0.1, -0.05) is 48.8 Å². The molecule has 5 aromatic rings. The van der Waals surface area contributed by atoms with Gasteiger partial charge in [-0.05, 0) is 29.2 Å². The molecule has 8 nitrogen and oxygen atoms in total. The summed E-state index contributed by atoms with van der Waals surface area (Å²) < 4.78 is 1.60. The van der Waals surface area contributed by atoms with Gasteiger partial charge >= 0.3 is 0 Å². The van der Waals surface area contributed by atoms with Crippen molar-refractivity contribution in [2.45, 2.75) is 0 Å². The zero-order valence-electron chi connectivity index (χ0n) is 15.0. The molecule has 0 bridgehead atoms. The predicted octanol–water partition coefficient (Wildman–Crippen LogP) is 2.62. The van der Waals surface area contributed by atoms with Gasteiger partial charge in [-0.15, -0.1) is 6.07 Å². The van der Waals surface area contributed by atoms with Crippen molar-refractivity contribution in [2.75, 3.05) is 0 Å². The first-order valence-corrected chi connectivity index (χ1v) is 8.42. The van der Waals surface area contributed by atoms with Gasteiger partial charge in [-0.3, -0.25) is 10.1 Å². The van der Waals surface area contributed by atoms with Crippen molar-refractivity contribution in [2.24, 2.45) is 0 Å². The van der Waals surface area contributed by atoms with Crippen LogP contribution in [0.2, 0.25) is 0 Å². The summed E-state index contributed by atoms with van der Waals surface area (Å²) in [4.78, 5) is 16.2. The molecule has 0 saturated heterocycles. The minimum atomic E-state index is 0. The number of hydrogen-bond donors (Lipinski definition) is 0. The molecular formula is C20H14IrN8-2. The van der Waals surface area contributed by atoms with E-state index in [2.05, 4.69) is 41.4 Å². The average molecular weight is 559 g/mol. The number of nitrogens with zero attached hydrogens (tertiary/aromatic N) is 8. The van der Waals surface area contributed by atoms with E-state index < -0.39 is 0 Å². The molecule has 0 amide bonds. The molecule has 29 heavy (non-hydrogen) atoms. The average Bonchev–Trinajstić information content (AvgIpc) is 3.49. The fourth-order valence-corrected chi connectivity index (χ4v) is 2.33. The second-order valence-electron chi connectivity index (χ2n) is 5.51. The van der Waals surface area contributed by atoms with Gasteiger partial charge in [-0.2, -0.15) is 11.2 Å². The third-order valence-corrected chi connectivity index (χ3v) is 3.64. The number of pyridine rings is 2. The topological polar surface area (TPSA) is 96.4 Å². The number of aromatic nitrogens is 8. The quantitative estimate of drug-likeness (QED) is 0.314. The van der Waals surface area contributed by atoms with Crippen molar-refractivity contribution in [1.29, 1.82) is 0 Å². The zero-order valence-corrected chi connectivity index (χ0v) is 17.4. The fraction of sp³-hybridized carbons (Fsp3) is 0. The Morgan fingerprint density at radius 2 is 1.76 bits per heavy atom. The van der Waals surface area contributed by atoms with Crippen LogP contribution in [-0.2, 0) is 20.1 Å². The van der Waals surface area contributed by atoms with Crippen LogP contribution in [0, 0.1) is 6.20 Å². The Balaban J connectivity index is 0.000000174. The van der Waals surface area contributed by atoms with E-state index in [1.54, 1.807) is 23.4 Å². The Bertz CT molecular complexity index is 1040. The molecule has 0 fully saturated rings. The van der Waals surface area contributed by atoms with Gasteiger partial charge in [-0.25, -0.2) is 9.67 Å². The molecule has 0 aliphatic heterocycles. The van der Waals surface area contributed by atoms with Crippen LogP contribution in [0.4, 0.5) is 0 Å². The molecule has 0 atom stereocenters. The molecule has 145 valence electrons. The Morgan fingerprint density at radius 3 is 2.45 bits per heavy atom. The SMILES string of the molecule is [Ir].[c-]1ncccc1-n1cncn1.c1ccc(-c2n[n-]c(-c3ccccn3)n2)cc1. The van der Waals surface area contributed by atoms with Crippen molar-refractivity contribution in [3.8, 4) is 28.6 Å². The van der Waals surface area contributed by atoms with Gasteiger partial charge in [0.1, 0.15) is 12.7 Å². The van der Waals surface area contributed by atoms with Crippen molar-refractivity contribution in [1.82, 2.24) is 39.9 Å². The van der Waals surface area contributed by atoms with Gasteiger partial charge in [0.2, 0.25) is 0 Å². The van der Waals surface area contributed by atoms with E-state index in [1.807, 2.05) is 60.7 Å². The molecule has 0 unspecified atom stereocenters. The predicted molar refractivity (Wildman–Crippen MR) is 102 cm³/mol. The van der Waals surface area contributed by atoms with Crippen LogP contribution in [-0.4, -0.2) is 34.8 Å². The molecule has 4 heterocycles. The molecule has 9 heteroatoms. The summed E-state index contributed by atoms with van der Waals surface area (Å²) in [6.45, 7) is 0. The van der Waals surface area contributed by atoms with Crippen LogP contribution in [0.25, 0.3) is 28.6 Å². The third-order valence-electron chi connectivity index (χ3n) is 3.64. The smallest absolute Gasteiger partial charge is 0.138 e. The van der Waals surface area contributed by atoms with E-state index in [9.17, 15) is 0 Å². The second kappa shape index (κ2) is 10.1. The molecular weight excluding hydrogens is 544 g/mol. The minimum Gasteiger partial charge on any atom is -0.417 e. The maximum atomic E-state index is 4.37. The number of benzene rings is 1. The largest absolute Gasteiger partial charge is 0.417 e. The zero-order chi connectivity index (χ0) is 19.0. The van der Waals surface area contributed by atoms with Crippen LogP contribution in [0.1, 0.15) is 0 Å². The van der Waals surface area contributed by atoms with Crippen LogP contribution >= 0.6 is 0 Å². The summed E-state index contributed by atoms with van der Waals surface area (Å²) in [6, 6.07) is 19.1. The van der Waals surface area contributed by atoms with Crippen molar-refractivity contribution in [3.05, 3.63) is 91.9 Å². The van der Waals surface area contributed by atoms with E-state index in [0.717, 1.165) is 16.9 Å². The monoisotopic (exact) mass is 559 g/mol. The fourth-order valence-electron chi connectivity index (χ4n) is 2.33. The maximum absolute atomic E-state index is 4.37. The second-order valence-corrected chi connectivity index (χ2v) is 5.51. The summed E-state index contributed by atoms with van der Waals surface area (Å²) in [7, 11) is 0. The summed E-state index contributed by atoms with van der Waals surface area (Å²) >= 11 is 0. The van der Waals surface area contributed by atoms with Crippen molar-refractivity contribution >= 4 is 0 Å². The van der Waals surface area contributed by atoms with Gasteiger partial charge in [0.15, 0.2) is 0 Å². The van der Waals surface area contributed by atoms with E-state index >= 15 is 0 Å². The molecule has 0 spiro atoms. The Kier molecular flexibility index (Phi) is 7.05. The third kappa shape index (κ3) is 5.25. The van der Waals surface area contributed by atoms with E-state index in [1.165, 1.54) is 6.33 Å². The van der Waals surface area contributed by atoms with Crippen molar-refractivity contribution in [3.63, 3.8) is 0 Å². The number of hydrogen-bond acceptors (Lipinski definition) is 6. The van der Waals surface area contributed by atoms with Gasteiger partial charge in [0.05, 0.1) is 11.5 Å². The minimum absolute atomic E-state index is 0.